The molecule has 0 saturated heterocycles. The summed E-state index contributed by atoms with van der Waals surface area (Å²) in [5.74, 6) is 0.794. The van der Waals surface area contributed by atoms with Gasteiger partial charge in [-0.25, -0.2) is 9.97 Å². The first-order valence-corrected chi connectivity index (χ1v) is 7.65. The minimum absolute atomic E-state index is 0.794. The molecule has 0 unspecified atom stereocenters. The summed E-state index contributed by atoms with van der Waals surface area (Å²) in [6.45, 7) is 2.07. The molecule has 0 atom stereocenters. The Bertz CT molecular complexity index is 787. The number of halogens is 2. The van der Waals surface area contributed by atoms with Crippen molar-refractivity contribution in [1.29, 1.82) is 0 Å². The van der Waals surface area contributed by atoms with Crippen molar-refractivity contribution in [3.8, 4) is 0 Å². The standard InChI is InChI=1S/C15H11Br2N3/c1-9-3-2-4-11(5-9)20-15-12-6-10(16)7-13(17)14(12)18-8-19-15/h2-8H,1H3,(H,18,19,20). The molecule has 0 spiro atoms. The van der Waals surface area contributed by atoms with Crippen LogP contribution in [0.15, 0.2) is 51.7 Å². The first kappa shape index (κ1) is 13.5. The van der Waals surface area contributed by atoms with Crippen molar-refractivity contribution in [2.24, 2.45) is 0 Å². The van der Waals surface area contributed by atoms with E-state index in [0.29, 0.717) is 0 Å². The molecule has 0 saturated carbocycles. The van der Waals surface area contributed by atoms with Crippen molar-refractivity contribution in [3.05, 3.63) is 57.2 Å². The molecule has 3 aromatic rings. The van der Waals surface area contributed by atoms with Gasteiger partial charge in [0.05, 0.1) is 5.52 Å². The van der Waals surface area contributed by atoms with Gasteiger partial charge in [0.15, 0.2) is 0 Å². The number of hydrogen-bond acceptors (Lipinski definition) is 3. The van der Waals surface area contributed by atoms with Crippen molar-refractivity contribution in [2.45, 2.75) is 6.92 Å². The number of fused-ring (bicyclic) bond motifs is 1. The van der Waals surface area contributed by atoms with Crippen LogP contribution >= 0.6 is 31.9 Å². The maximum absolute atomic E-state index is 4.35. The molecule has 3 rings (SSSR count). The summed E-state index contributed by atoms with van der Waals surface area (Å²) in [6.07, 6.45) is 1.57. The van der Waals surface area contributed by atoms with Crippen LogP contribution in [0.2, 0.25) is 0 Å². The molecule has 1 aromatic heterocycles. The van der Waals surface area contributed by atoms with Gasteiger partial charge in [-0.2, -0.15) is 0 Å². The van der Waals surface area contributed by atoms with E-state index in [9.17, 15) is 0 Å². The third kappa shape index (κ3) is 2.69. The molecule has 0 aliphatic rings. The minimum Gasteiger partial charge on any atom is -0.340 e. The molecule has 0 aliphatic carbocycles. The first-order valence-electron chi connectivity index (χ1n) is 6.07. The average molecular weight is 393 g/mol. The van der Waals surface area contributed by atoms with Crippen molar-refractivity contribution in [1.82, 2.24) is 9.97 Å². The zero-order valence-electron chi connectivity index (χ0n) is 10.7. The highest BCUT2D eigenvalue weighted by atomic mass is 79.9. The van der Waals surface area contributed by atoms with E-state index in [1.165, 1.54) is 5.56 Å². The Balaban J connectivity index is 2.12. The number of hydrogen-bond donors (Lipinski definition) is 1. The maximum Gasteiger partial charge on any atom is 0.141 e. The highest BCUT2D eigenvalue weighted by Gasteiger charge is 2.08. The molecule has 20 heavy (non-hydrogen) atoms. The molecule has 1 N–H and O–H groups in total. The van der Waals surface area contributed by atoms with Crippen LogP contribution in [0.1, 0.15) is 5.56 Å². The van der Waals surface area contributed by atoms with Crippen LogP contribution in [-0.4, -0.2) is 9.97 Å². The Kier molecular flexibility index (Phi) is 3.72. The molecule has 0 bridgehead atoms. The van der Waals surface area contributed by atoms with Gasteiger partial charge < -0.3 is 5.32 Å². The van der Waals surface area contributed by atoms with Crippen LogP contribution in [0.5, 0.6) is 0 Å². The Morgan fingerprint density at radius 3 is 2.70 bits per heavy atom. The molecular formula is C15H11Br2N3. The smallest absolute Gasteiger partial charge is 0.141 e. The molecule has 2 aromatic carbocycles. The molecule has 1 heterocycles. The number of benzene rings is 2. The summed E-state index contributed by atoms with van der Waals surface area (Å²) >= 11 is 7.03. The summed E-state index contributed by atoms with van der Waals surface area (Å²) in [5.41, 5.74) is 3.11. The van der Waals surface area contributed by atoms with Crippen LogP contribution in [0.4, 0.5) is 11.5 Å². The summed E-state index contributed by atoms with van der Waals surface area (Å²) in [5, 5.41) is 4.32. The Hall–Kier alpha value is -1.46. The molecule has 3 nitrogen and oxygen atoms in total. The predicted octanol–water partition coefficient (Wildman–Crippen LogP) is 5.21. The van der Waals surface area contributed by atoms with E-state index in [0.717, 1.165) is 31.4 Å². The van der Waals surface area contributed by atoms with Crippen molar-refractivity contribution in [2.75, 3.05) is 5.32 Å². The molecule has 0 radical (unpaired) electrons. The topological polar surface area (TPSA) is 37.8 Å². The number of nitrogens with one attached hydrogen (secondary N) is 1. The van der Waals surface area contributed by atoms with Gasteiger partial charge in [0, 0.05) is 20.0 Å². The van der Waals surface area contributed by atoms with Gasteiger partial charge in [0.2, 0.25) is 0 Å². The van der Waals surface area contributed by atoms with Gasteiger partial charge in [0.25, 0.3) is 0 Å². The van der Waals surface area contributed by atoms with Gasteiger partial charge >= 0.3 is 0 Å². The second-order valence-corrected chi connectivity index (χ2v) is 6.27. The summed E-state index contributed by atoms with van der Waals surface area (Å²) in [4.78, 5) is 8.67. The van der Waals surface area contributed by atoms with E-state index >= 15 is 0 Å². The third-order valence-corrected chi connectivity index (χ3v) is 4.00. The quantitative estimate of drug-likeness (QED) is 0.650. The van der Waals surface area contributed by atoms with Crippen LogP contribution in [0.3, 0.4) is 0 Å². The van der Waals surface area contributed by atoms with E-state index < -0.39 is 0 Å². The lowest BCUT2D eigenvalue weighted by Crippen LogP contribution is -1.96. The van der Waals surface area contributed by atoms with E-state index in [4.69, 9.17) is 0 Å². The normalized spacial score (nSPS) is 10.8. The Labute approximate surface area is 133 Å². The number of anilines is 2. The summed E-state index contributed by atoms with van der Waals surface area (Å²) in [6, 6.07) is 12.2. The van der Waals surface area contributed by atoms with Crippen molar-refractivity contribution >= 4 is 54.3 Å². The SMILES string of the molecule is Cc1cccc(Nc2ncnc3c(Br)cc(Br)cc23)c1. The maximum atomic E-state index is 4.35. The third-order valence-electron chi connectivity index (χ3n) is 2.94. The van der Waals surface area contributed by atoms with E-state index in [1.807, 2.05) is 24.3 Å². The molecule has 0 fully saturated rings. The second-order valence-electron chi connectivity index (χ2n) is 4.50. The van der Waals surface area contributed by atoms with Crippen LogP contribution in [0, 0.1) is 6.92 Å². The molecule has 0 amide bonds. The fourth-order valence-electron chi connectivity index (χ4n) is 2.05. The Morgan fingerprint density at radius 2 is 1.90 bits per heavy atom. The summed E-state index contributed by atoms with van der Waals surface area (Å²) in [7, 11) is 0. The molecule has 100 valence electrons. The fraction of sp³-hybridized carbons (Fsp3) is 0.0667. The van der Waals surface area contributed by atoms with Crippen LogP contribution in [0.25, 0.3) is 10.9 Å². The lowest BCUT2D eigenvalue weighted by atomic mass is 10.2. The largest absolute Gasteiger partial charge is 0.340 e. The van der Waals surface area contributed by atoms with Crippen molar-refractivity contribution < 1.29 is 0 Å². The van der Waals surface area contributed by atoms with Gasteiger partial charge in [0.1, 0.15) is 12.1 Å². The Morgan fingerprint density at radius 1 is 1.05 bits per heavy atom. The zero-order chi connectivity index (χ0) is 14.1. The fourth-order valence-corrected chi connectivity index (χ4v) is 3.38. The number of nitrogens with zero attached hydrogens (tertiary/aromatic N) is 2. The number of aryl methyl sites for hydroxylation is 1. The highest BCUT2D eigenvalue weighted by molar-refractivity contribution is 9.11. The van der Waals surface area contributed by atoms with Gasteiger partial charge in [-0.3, -0.25) is 0 Å². The molecule has 5 heteroatoms. The second kappa shape index (κ2) is 5.50. The molecular weight excluding hydrogens is 382 g/mol. The van der Waals surface area contributed by atoms with E-state index in [-0.39, 0.29) is 0 Å². The van der Waals surface area contributed by atoms with E-state index in [1.54, 1.807) is 6.33 Å². The van der Waals surface area contributed by atoms with Crippen LogP contribution in [-0.2, 0) is 0 Å². The van der Waals surface area contributed by atoms with Gasteiger partial charge in [-0.15, -0.1) is 0 Å². The highest BCUT2D eigenvalue weighted by Crippen LogP contribution is 2.31. The number of rotatable bonds is 2. The van der Waals surface area contributed by atoms with Gasteiger partial charge in [-0.05, 0) is 52.7 Å². The van der Waals surface area contributed by atoms with Gasteiger partial charge in [-0.1, -0.05) is 28.1 Å². The van der Waals surface area contributed by atoms with E-state index in [2.05, 4.69) is 66.2 Å². The molecule has 0 aliphatic heterocycles. The first-order chi connectivity index (χ1) is 9.63. The summed E-state index contributed by atoms with van der Waals surface area (Å²) < 4.78 is 1.93. The lowest BCUT2D eigenvalue weighted by Gasteiger charge is -2.10. The monoisotopic (exact) mass is 391 g/mol. The predicted molar refractivity (Wildman–Crippen MR) is 89.4 cm³/mol. The van der Waals surface area contributed by atoms with Crippen molar-refractivity contribution in [3.63, 3.8) is 0 Å². The average Bonchev–Trinajstić information content (AvgIpc) is 2.40. The van der Waals surface area contributed by atoms with Crippen LogP contribution < -0.4 is 5.32 Å². The lowest BCUT2D eigenvalue weighted by molar-refractivity contribution is 1.21. The zero-order valence-corrected chi connectivity index (χ0v) is 13.9. The number of aromatic nitrogens is 2. The minimum atomic E-state index is 0.794.